The van der Waals surface area contributed by atoms with E-state index in [0.717, 1.165) is 18.8 Å². The largest absolute Gasteiger partial charge is 0.393 e. The minimum atomic E-state index is -0.101. The van der Waals surface area contributed by atoms with Crippen LogP contribution < -0.4 is 0 Å². The SMILES string of the molecule is OC(Cc1cccs1)CC1CC1. The zero-order valence-corrected chi connectivity index (χ0v) is 7.89. The molecule has 66 valence electrons. The molecule has 1 N–H and O–H groups in total. The molecule has 1 aromatic rings. The van der Waals surface area contributed by atoms with Gasteiger partial charge >= 0.3 is 0 Å². The average Bonchev–Trinajstić information content (AvgIpc) is 2.66. The van der Waals surface area contributed by atoms with Crippen molar-refractivity contribution in [2.45, 2.75) is 31.8 Å². The highest BCUT2D eigenvalue weighted by Crippen LogP contribution is 2.34. The third kappa shape index (κ3) is 2.32. The van der Waals surface area contributed by atoms with Crippen LogP contribution in [0.15, 0.2) is 17.5 Å². The van der Waals surface area contributed by atoms with Gasteiger partial charge in [-0.05, 0) is 23.8 Å². The van der Waals surface area contributed by atoms with Gasteiger partial charge in [0.05, 0.1) is 6.10 Å². The van der Waals surface area contributed by atoms with Crippen LogP contribution in [0.3, 0.4) is 0 Å². The molecule has 1 fully saturated rings. The molecule has 1 heterocycles. The maximum absolute atomic E-state index is 9.64. The van der Waals surface area contributed by atoms with Gasteiger partial charge in [0.25, 0.3) is 0 Å². The minimum Gasteiger partial charge on any atom is -0.393 e. The van der Waals surface area contributed by atoms with E-state index < -0.39 is 0 Å². The van der Waals surface area contributed by atoms with Gasteiger partial charge in [0.1, 0.15) is 0 Å². The average molecular weight is 182 g/mol. The molecular weight excluding hydrogens is 168 g/mol. The van der Waals surface area contributed by atoms with E-state index in [9.17, 15) is 5.11 Å². The quantitative estimate of drug-likeness (QED) is 0.758. The lowest BCUT2D eigenvalue weighted by molar-refractivity contribution is 0.159. The highest BCUT2D eigenvalue weighted by Gasteiger charge is 2.24. The number of hydrogen-bond donors (Lipinski definition) is 1. The summed E-state index contributed by atoms with van der Waals surface area (Å²) >= 11 is 1.74. The zero-order valence-electron chi connectivity index (χ0n) is 7.07. The maximum atomic E-state index is 9.64. The van der Waals surface area contributed by atoms with Crippen LogP contribution in [0.1, 0.15) is 24.1 Å². The molecule has 1 aliphatic carbocycles. The van der Waals surface area contributed by atoms with Crippen molar-refractivity contribution >= 4 is 11.3 Å². The van der Waals surface area contributed by atoms with Crippen molar-refractivity contribution in [2.24, 2.45) is 5.92 Å². The zero-order chi connectivity index (χ0) is 8.39. The molecule has 0 radical (unpaired) electrons. The minimum absolute atomic E-state index is 0.101. The Balaban J connectivity index is 1.77. The predicted molar refractivity (Wildman–Crippen MR) is 51.4 cm³/mol. The van der Waals surface area contributed by atoms with Crippen LogP contribution in [0.25, 0.3) is 0 Å². The van der Waals surface area contributed by atoms with Crippen molar-refractivity contribution in [3.8, 4) is 0 Å². The van der Waals surface area contributed by atoms with Crippen LogP contribution in [0.4, 0.5) is 0 Å². The summed E-state index contributed by atoms with van der Waals surface area (Å²) in [7, 11) is 0. The first-order valence-corrected chi connectivity index (χ1v) is 5.43. The summed E-state index contributed by atoms with van der Waals surface area (Å²) in [5.74, 6) is 0.833. The Kier molecular flexibility index (Phi) is 2.47. The predicted octanol–water partition coefficient (Wildman–Crippen LogP) is 2.45. The molecule has 0 saturated heterocycles. The summed E-state index contributed by atoms with van der Waals surface area (Å²) in [6.45, 7) is 0. The summed E-state index contributed by atoms with van der Waals surface area (Å²) < 4.78 is 0. The molecule has 0 bridgehead atoms. The molecule has 1 atom stereocenters. The Morgan fingerprint density at radius 2 is 2.42 bits per heavy atom. The third-order valence-corrected chi connectivity index (χ3v) is 3.22. The summed E-state index contributed by atoms with van der Waals surface area (Å²) in [4.78, 5) is 1.31. The van der Waals surface area contributed by atoms with Crippen molar-refractivity contribution < 1.29 is 5.11 Å². The van der Waals surface area contributed by atoms with E-state index in [0.29, 0.717) is 0 Å². The number of thiophene rings is 1. The van der Waals surface area contributed by atoms with Gasteiger partial charge in [0.15, 0.2) is 0 Å². The van der Waals surface area contributed by atoms with Gasteiger partial charge in [0.2, 0.25) is 0 Å². The summed E-state index contributed by atoms with van der Waals surface area (Å²) in [5.41, 5.74) is 0. The molecule has 0 spiro atoms. The maximum Gasteiger partial charge on any atom is 0.0591 e. The van der Waals surface area contributed by atoms with Crippen LogP contribution in [0.5, 0.6) is 0 Å². The number of hydrogen-bond acceptors (Lipinski definition) is 2. The van der Waals surface area contributed by atoms with E-state index in [1.54, 1.807) is 11.3 Å². The molecule has 0 aliphatic heterocycles. The Bertz CT molecular complexity index is 226. The second-order valence-electron chi connectivity index (χ2n) is 3.62. The monoisotopic (exact) mass is 182 g/mol. The molecule has 1 aromatic heterocycles. The first-order valence-electron chi connectivity index (χ1n) is 4.55. The number of aliphatic hydroxyl groups is 1. The lowest BCUT2D eigenvalue weighted by atomic mass is 10.1. The Labute approximate surface area is 77.0 Å². The Morgan fingerprint density at radius 1 is 1.58 bits per heavy atom. The molecule has 1 saturated carbocycles. The van der Waals surface area contributed by atoms with E-state index in [2.05, 4.69) is 11.4 Å². The van der Waals surface area contributed by atoms with Gasteiger partial charge in [-0.2, -0.15) is 0 Å². The molecule has 2 heteroatoms. The lowest BCUT2D eigenvalue weighted by Gasteiger charge is -2.07. The molecule has 12 heavy (non-hydrogen) atoms. The van der Waals surface area contributed by atoms with Crippen LogP contribution in [-0.4, -0.2) is 11.2 Å². The number of rotatable bonds is 4. The molecule has 0 aromatic carbocycles. The molecule has 1 nitrogen and oxygen atoms in total. The van der Waals surface area contributed by atoms with Gasteiger partial charge in [0, 0.05) is 11.3 Å². The fourth-order valence-electron chi connectivity index (χ4n) is 1.48. The Hall–Kier alpha value is -0.340. The topological polar surface area (TPSA) is 20.2 Å². The third-order valence-electron chi connectivity index (χ3n) is 2.32. The normalized spacial score (nSPS) is 19.4. The van der Waals surface area contributed by atoms with Crippen molar-refractivity contribution in [1.29, 1.82) is 0 Å². The van der Waals surface area contributed by atoms with Crippen LogP contribution in [-0.2, 0) is 6.42 Å². The van der Waals surface area contributed by atoms with Crippen molar-refractivity contribution in [3.05, 3.63) is 22.4 Å². The van der Waals surface area contributed by atoms with E-state index in [-0.39, 0.29) is 6.10 Å². The van der Waals surface area contributed by atoms with Gasteiger partial charge < -0.3 is 5.11 Å². The lowest BCUT2D eigenvalue weighted by Crippen LogP contribution is -2.09. The van der Waals surface area contributed by atoms with E-state index in [1.165, 1.54) is 17.7 Å². The van der Waals surface area contributed by atoms with Crippen LogP contribution >= 0.6 is 11.3 Å². The first-order chi connectivity index (χ1) is 5.84. The van der Waals surface area contributed by atoms with E-state index in [1.807, 2.05) is 6.07 Å². The van der Waals surface area contributed by atoms with E-state index >= 15 is 0 Å². The molecular formula is C10H14OS. The summed E-state index contributed by atoms with van der Waals surface area (Å²) in [6, 6.07) is 4.14. The molecule has 1 unspecified atom stereocenters. The van der Waals surface area contributed by atoms with Gasteiger partial charge in [-0.1, -0.05) is 18.9 Å². The molecule has 1 aliphatic rings. The van der Waals surface area contributed by atoms with Gasteiger partial charge in [-0.3, -0.25) is 0 Å². The summed E-state index contributed by atoms with van der Waals surface area (Å²) in [5, 5.41) is 11.7. The van der Waals surface area contributed by atoms with Crippen molar-refractivity contribution in [1.82, 2.24) is 0 Å². The Morgan fingerprint density at radius 3 is 3.00 bits per heavy atom. The molecule has 2 rings (SSSR count). The first kappa shape index (κ1) is 8.27. The summed E-state index contributed by atoms with van der Waals surface area (Å²) in [6.07, 6.45) is 4.44. The van der Waals surface area contributed by atoms with Crippen LogP contribution in [0.2, 0.25) is 0 Å². The van der Waals surface area contributed by atoms with Gasteiger partial charge in [-0.25, -0.2) is 0 Å². The number of aliphatic hydroxyl groups excluding tert-OH is 1. The smallest absolute Gasteiger partial charge is 0.0591 e. The van der Waals surface area contributed by atoms with E-state index in [4.69, 9.17) is 0 Å². The van der Waals surface area contributed by atoms with Crippen molar-refractivity contribution in [2.75, 3.05) is 0 Å². The van der Waals surface area contributed by atoms with Gasteiger partial charge in [-0.15, -0.1) is 11.3 Å². The van der Waals surface area contributed by atoms with Crippen molar-refractivity contribution in [3.63, 3.8) is 0 Å². The highest BCUT2D eigenvalue weighted by molar-refractivity contribution is 7.09. The molecule has 0 amide bonds. The second kappa shape index (κ2) is 3.58. The standard InChI is InChI=1S/C10H14OS/c11-9(6-8-3-4-8)7-10-2-1-5-12-10/h1-2,5,8-9,11H,3-4,6-7H2. The highest BCUT2D eigenvalue weighted by atomic mass is 32.1. The van der Waals surface area contributed by atoms with Crippen LogP contribution in [0, 0.1) is 5.92 Å². The fourth-order valence-corrected chi connectivity index (χ4v) is 2.26. The second-order valence-corrected chi connectivity index (χ2v) is 4.65. The fraction of sp³-hybridized carbons (Fsp3) is 0.600.